The molecule has 8 nitrogen and oxygen atoms in total. The lowest BCUT2D eigenvalue weighted by Crippen LogP contribution is -2.24. The van der Waals surface area contributed by atoms with Gasteiger partial charge in [0.15, 0.2) is 0 Å². The van der Waals surface area contributed by atoms with Gasteiger partial charge in [-0.05, 0) is 45.4 Å². The highest BCUT2D eigenvalue weighted by molar-refractivity contribution is 7.81. The maximum Gasteiger partial charge on any atom is 0.488 e. The number of hydrogen-bond acceptors (Lipinski definition) is 6. The van der Waals surface area contributed by atoms with Gasteiger partial charge >= 0.3 is 16.5 Å². The van der Waals surface area contributed by atoms with Crippen molar-refractivity contribution in [3.8, 4) is 5.75 Å². The molecule has 0 radical (unpaired) electrons. The van der Waals surface area contributed by atoms with Crippen LogP contribution in [0.25, 0.3) is 10.4 Å². The highest BCUT2D eigenvalue weighted by Gasteiger charge is 2.23. The van der Waals surface area contributed by atoms with Crippen molar-refractivity contribution in [1.82, 2.24) is 0 Å². The standard InChI is InChI=1S/C12H14FN3O5S/c1-7-9(11(17)20-12(2,3)4)5-8(15-16-14)6-10(7)21-22(13,18)19/h5-6H,1-4H3. The maximum atomic E-state index is 12.7. The van der Waals surface area contributed by atoms with Crippen molar-refractivity contribution < 1.29 is 26.0 Å². The van der Waals surface area contributed by atoms with Gasteiger partial charge in [0.1, 0.15) is 11.4 Å². The summed E-state index contributed by atoms with van der Waals surface area (Å²) in [4.78, 5) is 14.6. The molecule has 0 fully saturated rings. The van der Waals surface area contributed by atoms with Crippen LogP contribution < -0.4 is 4.18 Å². The molecule has 0 N–H and O–H groups in total. The van der Waals surface area contributed by atoms with Gasteiger partial charge < -0.3 is 8.92 Å². The normalized spacial score (nSPS) is 11.5. The van der Waals surface area contributed by atoms with E-state index in [9.17, 15) is 17.1 Å². The lowest BCUT2D eigenvalue weighted by Gasteiger charge is -2.20. The maximum absolute atomic E-state index is 12.7. The van der Waals surface area contributed by atoms with E-state index in [0.717, 1.165) is 6.07 Å². The van der Waals surface area contributed by atoms with Crippen LogP contribution in [0, 0.1) is 6.92 Å². The van der Waals surface area contributed by atoms with Crippen molar-refractivity contribution >= 4 is 22.2 Å². The van der Waals surface area contributed by atoms with Crippen molar-refractivity contribution in [1.29, 1.82) is 0 Å². The third kappa shape index (κ3) is 5.23. The molecule has 1 rings (SSSR count). The van der Waals surface area contributed by atoms with Crippen molar-refractivity contribution in [2.24, 2.45) is 5.11 Å². The number of azide groups is 1. The molecule has 0 spiro atoms. The SMILES string of the molecule is Cc1c(OS(=O)(=O)F)cc(N=[N+]=[N-])cc1C(=O)OC(C)(C)C. The van der Waals surface area contributed by atoms with Gasteiger partial charge in [0.05, 0.1) is 5.56 Å². The molecule has 0 aliphatic rings. The van der Waals surface area contributed by atoms with Crippen molar-refractivity contribution in [3.63, 3.8) is 0 Å². The third-order valence-electron chi connectivity index (χ3n) is 2.31. The number of rotatable bonds is 4. The number of benzene rings is 1. The van der Waals surface area contributed by atoms with E-state index in [-0.39, 0.29) is 16.8 Å². The molecule has 0 atom stereocenters. The Hall–Kier alpha value is -2.32. The number of nitrogens with zero attached hydrogens (tertiary/aromatic N) is 3. The summed E-state index contributed by atoms with van der Waals surface area (Å²) in [5.41, 5.74) is 7.46. The first-order valence-electron chi connectivity index (χ1n) is 6.00. The zero-order valence-electron chi connectivity index (χ0n) is 12.3. The third-order valence-corrected chi connectivity index (χ3v) is 2.69. The molecule has 120 valence electrons. The largest absolute Gasteiger partial charge is 0.488 e. The zero-order chi connectivity index (χ0) is 17.1. The molecule has 0 amide bonds. The fraction of sp³-hybridized carbons (Fsp3) is 0.417. The Kier molecular flexibility index (Phi) is 5.00. The number of hydrogen-bond donors (Lipinski definition) is 0. The van der Waals surface area contributed by atoms with Gasteiger partial charge in [-0.3, -0.25) is 0 Å². The van der Waals surface area contributed by atoms with E-state index in [1.807, 2.05) is 0 Å². The lowest BCUT2D eigenvalue weighted by molar-refractivity contribution is 0.00683. The lowest BCUT2D eigenvalue weighted by atomic mass is 10.1. The molecule has 0 aliphatic carbocycles. The van der Waals surface area contributed by atoms with Gasteiger partial charge in [-0.1, -0.05) is 9.00 Å². The molecule has 0 bridgehead atoms. The Morgan fingerprint density at radius 2 is 1.95 bits per heavy atom. The second-order valence-electron chi connectivity index (χ2n) is 5.28. The first-order chi connectivity index (χ1) is 9.93. The van der Waals surface area contributed by atoms with Gasteiger partial charge in [0.2, 0.25) is 0 Å². The van der Waals surface area contributed by atoms with E-state index in [2.05, 4.69) is 14.2 Å². The monoisotopic (exact) mass is 331 g/mol. The number of carbonyl (C=O) groups is 1. The zero-order valence-corrected chi connectivity index (χ0v) is 13.1. The first-order valence-corrected chi connectivity index (χ1v) is 7.31. The molecule has 0 saturated carbocycles. The van der Waals surface area contributed by atoms with E-state index in [0.29, 0.717) is 0 Å². The van der Waals surface area contributed by atoms with Crippen LogP contribution in [0.2, 0.25) is 0 Å². The Balaban J connectivity index is 3.43. The smallest absolute Gasteiger partial charge is 0.456 e. The molecular weight excluding hydrogens is 317 g/mol. The van der Waals surface area contributed by atoms with Gasteiger partial charge in [0.25, 0.3) is 0 Å². The molecular formula is C12H14FN3O5S. The average molecular weight is 331 g/mol. The van der Waals surface area contributed by atoms with E-state index >= 15 is 0 Å². The second kappa shape index (κ2) is 6.20. The van der Waals surface area contributed by atoms with Gasteiger partial charge in [-0.15, -0.1) is 0 Å². The Morgan fingerprint density at radius 1 is 1.36 bits per heavy atom. The Labute approximate surface area is 126 Å². The van der Waals surface area contributed by atoms with Crippen LogP contribution in [0.4, 0.5) is 9.57 Å². The van der Waals surface area contributed by atoms with Gasteiger partial charge in [0, 0.05) is 16.2 Å². The van der Waals surface area contributed by atoms with Crippen molar-refractivity contribution in [2.45, 2.75) is 33.3 Å². The van der Waals surface area contributed by atoms with Crippen molar-refractivity contribution in [2.75, 3.05) is 0 Å². The summed E-state index contributed by atoms with van der Waals surface area (Å²) in [5.74, 6) is -1.26. The molecule has 0 saturated heterocycles. The van der Waals surface area contributed by atoms with Crippen LogP contribution in [0.3, 0.4) is 0 Å². The second-order valence-corrected chi connectivity index (χ2v) is 6.24. The van der Waals surface area contributed by atoms with Crippen molar-refractivity contribution in [3.05, 3.63) is 33.7 Å². The van der Waals surface area contributed by atoms with E-state index < -0.39 is 27.8 Å². The first kappa shape index (κ1) is 17.7. The predicted molar refractivity (Wildman–Crippen MR) is 75.8 cm³/mol. The van der Waals surface area contributed by atoms with Crippen LogP contribution in [0.1, 0.15) is 36.7 Å². The minimum absolute atomic E-state index is 0.0346. The van der Waals surface area contributed by atoms with Crippen LogP contribution in [0.5, 0.6) is 5.75 Å². The highest BCUT2D eigenvalue weighted by Crippen LogP contribution is 2.31. The molecule has 0 unspecified atom stereocenters. The summed E-state index contributed by atoms with van der Waals surface area (Å²) in [5, 5.41) is 3.25. The number of carbonyl (C=O) groups excluding carboxylic acids is 1. The number of halogens is 1. The van der Waals surface area contributed by atoms with E-state index in [1.54, 1.807) is 20.8 Å². The summed E-state index contributed by atoms with van der Waals surface area (Å²) in [7, 11) is -5.30. The minimum atomic E-state index is -5.30. The molecule has 1 aromatic rings. The highest BCUT2D eigenvalue weighted by atomic mass is 32.3. The van der Waals surface area contributed by atoms with Gasteiger partial charge in [-0.2, -0.15) is 8.42 Å². The van der Waals surface area contributed by atoms with E-state index in [1.165, 1.54) is 13.0 Å². The minimum Gasteiger partial charge on any atom is -0.456 e. The fourth-order valence-electron chi connectivity index (χ4n) is 1.52. The fourth-order valence-corrected chi connectivity index (χ4v) is 1.91. The van der Waals surface area contributed by atoms with E-state index in [4.69, 9.17) is 10.3 Å². The quantitative estimate of drug-likeness (QED) is 0.275. The molecule has 0 heterocycles. The summed E-state index contributed by atoms with van der Waals surface area (Å²) in [6.07, 6.45) is 0. The molecule has 1 aromatic carbocycles. The predicted octanol–water partition coefficient (Wildman–Crippen LogP) is 3.49. The summed E-state index contributed by atoms with van der Waals surface area (Å²) >= 11 is 0. The van der Waals surface area contributed by atoms with Crippen LogP contribution in [-0.2, 0) is 15.2 Å². The van der Waals surface area contributed by atoms with Crippen LogP contribution >= 0.6 is 0 Å². The summed E-state index contributed by atoms with van der Waals surface area (Å²) in [6.45, 7) is 6.27. The molecule has 22 heavy (non-hydrogen) atoms. The van der Waals surface area contributed by atoms with Crippen LogP contribution in [0.15, 0.2) is 17.2 Å². The summed E-state index contributed by atoms with van der Waals surface area (Å²) < 4.78 is 43.3. The summed E-state index contributed by atoms with van der Waals surface area (Å²) in [6, 6.07) is 2.20. The molecule has 0 aromatic heterocycles. The number of ether oxygens (including phenoxy) is 1. The van der Waals surface area contributed by atoms with Crippen LogP contribution in [-0.4, -0.2) is 20.0 Å². The number of esters is 1. The average Bonchev–Trinajstić information content (AvgIpc) is 2.29. The molecule has 0 aliphatic heterocycles. The van der Waals surface area contributed by atoms with Gasteiger partial charge in [-0.25, -0.2) is 4.79 Å². The Morgan fingerprint density at radius 3 is 2.41 bits per heavy atom. The molecule has 10 heteroatoms. The topological polar surface area (TPSA) is 118 Å². The Bertz CT molecular complexity index is 749.